The summed E-state index contributed by atoms with van der Waals surface area (Å²) >= 11 is 0. The Balaban J connectivity index is 2.93. The zero-order valence-electron chi connectivity index (χ0n) is 6.33. The van der Waals surface area contributed by atoms with E-state index in [1.165, 1.54) is 0 Å². The normalized spacial score (nSPS) is 12.9. The van der Waals surface area contributed by atoms with Gasteiger partial charge in [-0.3, -0.25) is 0 Å². The van der Waals surface area contributed by atoms with E-state index in [9.17, 15) is 0 Å². The van der Waals surface area contributed by atoms with Gasteiger partial charge in [-0.05, 0) is 11.6 Å². The van der Waals surface area contributed by atoms with E-state index in [1.54, 1.807) is 0 Å². The number of nitrogen functional groups attached to an aromatic ring is 1. The van der Waals surface area contributed by atoms with Crippen LogP contribution in [0.1, 0.15) is 11.6 Å². The third kappa shape index (κ3) is 1.69. The maximum atomic E-state index is 5.69. The molecule has 0 radical (unpaired) electrons. The van der Waals surface area contributed by atoms with Gasteiger partial charge in [0.05, 0.1) is 0 Å². The predicted molar refractivity (Wildman–Crippen MR) is 46.8 cm³/mol. The highest BCUT2D eigenvalue weighted by Gasteiger charge is 2.04. The maximum Gasteiger partial charge on any atom is 0.0439 e. The lowest BCUT2D eigenvalue weighted by Gasteiger charge is -2.10. The second kappa shape index (κ2) is 3.37. The molecule has 60 valence electrons. The van der Waals surface area contributed by atoms with E-state index in [0.717, 1.165) is 5.56 Å². The van der Waals surface area contributed by atoms with Gasteiger partial charge in [0.1, 0.15) is 0 Å². The summed E-state index contributed by atoms with van der Waals surface area (Å²) in [4.78, 5) is 0. The molecule has 1 atom stereocenters. The minimum atomic E-state index is -0.142. The smallest absolute Gasteiger partial charge is 0.0439 e. The minimum Gasteiger partial charge on any atom is -0.398 e. The van der Waals surface area contributed by atoms with Gasteiger partial charge in [0.25, 0.3) is 0 Å². The lowest BCUT2D eigenvalue weighted by Crippen LogP contribution is -2.21. The molecule has 11 heavy (non-hydrogen) atoms. The van der Waals surface area contributed by atoms with Crippen LogP contribution in [0.2, 0.25) is 0 Å². The quantitative estimate of drug-likeness (QED) is 0.529. The summed E-state index contributed by atoms with van der Waals surface area (Å²) in [7, 11) is 0. The van der Waals surface area contributed by atoms with Crippen LogP contribution in [0.3, 0.4) is 0 Å². The number of nitrogens with two attached hydrogens (primary N) is 3. The number of rotatable bonds is 2. The highest BCUT2D eigenvalue weighted by molar-refractivity contribution is 5.48. The summed E-state index contributed by atoms with van der Waals surface area (Å²) in [5.74, 6) is 0. The zero-order chi connectivity index (χ0) is 8.27. The second-order valence-corrected chi connectivity index (χ2v) is 2.47. The molecule has 0 aliphatic rings. The molecule has 0 spiro atoms. The predicted octanol–water partition coefficient (Wildman–Crippen LogP) is 0.227. The Morgan fingerprint density at radius 3 is 2.45 bits per heavy atom. The Kier molecular flexibility index (Phi) is 2.46. The molecule has 0 amide bonds. The van der Waals surface area contributed by atoms with E-state index in [2.05, 4.69) is 0 Å². The van der Waals surface area contributed by atoms with Crippen LogP contribution in [0.5, 0.6) is 0 Å². The van der Waals surface area contributed by atoms with Gasteiger partial charge in [0, 0.05) is 18.3 Å². The Morgan fingerprint density at radius 2 is 1.91 bits per heavy atom. The first-order valence-corrected chi connectivity index (χ1v) is 3.55. The molecule has 6 N–H and O–H groups in total. The summed E-state index contributed by atoms with van der Waals surface area (Å²) < 4.78 is 0. The van der Waals surface area contributed by atoms with Gasteiger partial charge in [0.15, 0.2) is 0 Å². The Labute approximate surface area is 66.2 Å². The van der Waals surface area contributed by atoms with Crippen LogP contribution in [0, 0.1) is 0 Å². The van der Waals surface area contributed by atoms with E-state index in [1.807, 2.05) is 24.3 Å². The van der Waals surface area contributed by atoms with Gasteiger partial charge in [-0.15, -0.1) is 0 Å². The van der Waals surface area contributed by atoms with Gasteiger partial charge >= 0.3 is 0 Å². The van der Waals surface area contributed by atoms with Crippen LogP contribution in [-0.4, -0.2) is 6.54 Å². The van der Waals surface area contributed by atoms with E-state index in [-0.39, 0.29) is 6.04 Å². The molecule has 1 rings (SSSR count). The molecule has 0 aliphatic carbocycles. The molecule has 0 bridgehead atoms. The van der Waals surface area contributed by atoms with E-state index >= 15 is 0 Å². The van der Waals surface area contributed by atoms with Crippen molar-refractivity contribution < 1.29 is 0 Å². The highest BCUT2D eigenvalue weighted by atomic mass is 14.7. The van der Waals surface area contributed by atoms with Crippen molar-refractivity contribution >= 4 is 5.69 Å². The van der Waals surface area contributed by atoms with Crippen LogP contribution in [0.15, 0.2) is 24.3 Å². The molecule has 0 heterocycles. The SMILES string of the molecule is NC[C@@H](N)c1ccccc1N. The molecule has 1 aromatic rings. The zero-order valence-corrected chi connectivity index (χ0v) is 6.33. The molecular formula is C8H13N3. The molecule has 0 aromatic heterocycles. The van der Waals surface area contributed by atoms with Crippen molar-refractivity contribution in [2.75, 3.05) is 12.3 Å². The standard InChI is InChI=1S/C8H13N3/c9-5-8(11)6-3-1-2-4-7(6)10/h1-4,8H,5,9-11H2/t8-/m1/s1. The number of hydrogen-bond acceptors (Lipinski definition) is 3. The van der Waals surface area contributed by atoms with Crippen molar-refractivity contribution in [2.24, 2.45) is 11.5 Å². The largest absolute Gasteiger partial charge is 0.398 e. The van der Waals surface area contributed by atoms with Crippen molar-refractivity contribution in [3.63, 3.8) is 0 Å². The van der Waals surface area contributed by atoms with Gasteiger partial charge in [-0.25, -0.2) is 0 Å². The topological polar surface area (TPSA) is 78.1 Å². The average molecular weight is 151 g/mol. The first-order valence-electron chi connectivity index (χ1n) is 3.55. The van der Waals surface area contributed by atoms with Crippen molar-refractivity contribution in [1.29, 1.82) is 0 Å². The second-order valence-electron chi connectivity index (χ2n) is 2.47. The van der Waals surface area contributed by atoms with Crippen molar-refractivity contribution in [3.05, 3.63) is 29.8 Å². The first-order chi connectivity index (χ1) is 5.25. The van der Waals surface area contributed by atoms with Crippen molar-refractivity contribution in [3.8, 4) is 0 Å². The fourth-order valence-corrected chi connectivity index (χ4v) is 0.976. The highest BCUT2D eigenvalue weighted by Crippen LogP contribution is 2.16. The van der Waals surface area contributed by atoms with Crippen LogP contribution >= 0.6 is 0 Å². The van der Waals surface area contributed by atoms with Crippen molar-refractivity contribution in [1.82, 2.24) is 0 Å². The van der Waals surface area contributed by atoms with Crippen molar-refractivity contribution in [2.45, 2.75) is 6.04 Å². The molecule has 1 aromatic carbocycles. The number of para-hydroxylation sites is 1. The monoisotopic (exact) mass is 151 g/mol. The average Bonchev–Trinajstić information content (AvgIpc) is 2.04. The third-order valence-electron chi connectivity index (χ3n) is 1.65. The number of hydrogen-bond donors (Lipinski definition) is 3. The Morgan fingerprint density at radius 1 is 1.27 bits per heavy atom. The summed E-state index contributed by atoms with van der Waals surface area (Å²) in [5, 5.41) is 0. The summed E-state index contributed by atoms with van der Waals surface area (Å²) in [6.07, 6.45) is 0. The first kappa shape index (κ1) is 8.04. The van der Waals surface area contributed by atoms with Gasteiger partial charge in [-0.2, -0.15) is 0 Å². The fourth-order valence-electron chi connectivity index (χ4n) is 0.976. The summed E-state index contributed by atoms with van der Waals surface area (Å²) in [6, 6.07) is 7.36. The van der Waals surface area contributed by atoms with Gasteiger partial charge in [0.2, 0.25) is 0 Å². The minimum absolute atomic E-state index is 0.142. The van der Waals surface area contributed by atoms with E-state index in [4.69, 9.17) is 17.2 Å². The van der Waals surface area contributed by atoms with E-state index < -0.39 is 0 Å². The Bertz CT molecular complexity index is 235. The van der Waals surface area contributed by atoms with Gasteiger partial charge in [-0.1, -0.05) is 18.2 Å². The van der Waals surface area contributed by atoms with E-state index in [0.29, 0.717) is 12.2 Å². The van der Waals surface area contributed by atoms with Crippen LogP contribution < -0.4 is 17.2 Å². The third-order valence-corrected chi connectivity index (χ3v) is 1.65. The van der Waals surface area contributed by atoms with Crippen LogP contribution in [0.25, 0.3) is 0 Å². The Hall–Kier alpha value is -1.06. The molecule has 0 aliphatic heterocycles. The molecule has 0 saturated heterocycles. The molecular weight excluding hydrogens is 138 g/mol. The van der Waals surface area contributed by atoms with Gasteiger partial charge < -0.3 is 17.2 Å². The molecule has 3 nitrogen and oxygen atoms in total. The fraction of sp³-hybridized carbons (Fsp3) is 0.250. The summed E-state index contributed by atoms with van der Waals surface area (Å²) in [6.45, 7) is 0.425. The van der Waals surface area contributed by atoms with Crippen LogP contribution in [0.4, 0.5) is 5.69 Å². The lowest BCUT2D eigenvalue weighted by atomic mass is 10.1. The maximum absolute atomic E-state index is 5.69. The molecule has 0 unspecified atom stereocenters. The van der Waals surface area contributed by atoms with Crippen LogP contribution in [-0.2, 0) is 0 Å². The number of anilines is 1. The molecule has 0 saturated carbocycles. The molecule has 3 heteroatoms. The number of benzene rings is 1. The lowest BCUT2D eigenvalue weighted by molar-refractivity contribution is 0.739. The molecule has 0 fully saturated rings. The summed E-state index contributed by atoms with van der Waals surface area (Å²) in [5.41, 5.74) is 18.4.